The Morgan fingerprint density at radius 3 is 1.64 bits per heavy atom. The summed E-state index contributed by atoms with van der Waals surface area (Å²) in [5.41, 5.74) is -1.98. The largest absolute Gasteiger partial charge is 1.00 e. The zero-order valence-electron chi connectivity index (χ0n) is 12.6. The van der Waals surface area contributed by atoms with Crippen LogP contribution in [0.15, 0.2) is 46.2 Å². The Bertz CT molecular complexity index is 1050. The van der Waals surface area contributed by atoms with Crippen LogP contribution < -0.4 is 51.4 Å². The van der Waals surface area contributed by atoms with Gasteiger partial charge in [-0.3, -0.25) is 14.1 Å². The smallest absolute Gasteiger partial charge is 0.744 e. The fraction of sp³-hybridized carbons (Fsp3) is 0. The van der Waals surface area contributed by atoms with E-state index in [1.54, 1.807) is 0 Å². The van der Waals surface area contributed by atoms with Crippen LogP contribution in [0.5, 0.6) is 0 Å². The molecule has 0 heterocycles. The third kappa shape index (κ3) is 3.43. The minimum atomic E-state index is -5.09. The zero-order valence-corrected chi connectivity index (χ0v) is 17.3. The quantitative estimate of drug-likeness (QED) is 0.367. The average molecular weight is 406 g/mol. The van der Waals surface area contributed by atoms with E-state index in [-0.39, 0.29) is 62.5 Å². The van der Waals surface area contributed by atoms with Gasteiger partial charge in [-0.2, -0.15) is 8.42 Å². The molecular weight excluding hydrogens is 399 g/mol. The predicted octanol–water partition coefficient (Wildman–Crippen LogP) is -2.38. The first-order chi connectivity index (χ1) is 11.0. The molecule has 0 aliphatic heterocycles. The molecule has 0 amide bonds. The molecule has 0 bridgehead atoms. The number of hydrogen-bond acceptors (Lipinski definition) is 7. The molecule has 1 aliphatic carbocycles. The SMILES string of the molecule is O=C1c2cccc(S(=O)(=O)[O-])c2C(=O)c2c1cccc2S(=O)(=O)O.[K+]. The molecular formula is C14H7KO8S2. The second-order valence-corrected chi connectivity index (χ2v) is 7.68. The van der Waals surface area contributed by atoms with Gasteiger partial charge in [0.25, 0.3) is 10.1 Å². The van der Waals surface area contributed by atoms with E-state index in [1.807, 2.05) is 0 Å². The zero-order chi connectivity index (χ0) is 17.9. The van der Waals surface area contributed by atoms with E-state index >= 15 is 0 Å². The number of fused-ring (bicyclic) bond motifs is 2. The number of rotatable bonds is 2. The van der Waals surface area contributed by atoms with Crippen molar-refractivity contribution in [3.05, 3.63) is 58.7 Å². The van der Waals surface area contributed by atoms with Crippen LogP contribution in [0.1, 0.15) is 31.8 Å². The molecule has 0 unspecified atom stereocenters. The van der Waals surface area contributed by atoms with Gasteiger partial charge in [-0.05, 0) is 12.1 Å². The molecule has 0 atom stereocenters. The van der Waals surface area contributed by atoms with E-state index in [1.165, 1.54) is 6.07 Å². The van der Waals surface area contributed by atoms with Crippen LogP contribution in [0.25, 0.3) is 0 Å². The summed E-state index contributed by atoms with van der Waals surface area (Å²) in [6, 6.07) is 6.38. The standard InChI is InChI=1S/C14H8O8S2.K/c15-13-7-3-1-5-9(23(17,18)19)11(7)14(16)12-8(13)4-2-6-10(12)24(20,21)22;/h1-6H,(H,17,18,19)(H,20,21,22);/q;+1/p-1. The van der Waals surface area contributed by atoms with E-state index in [0.717, 1.165) is 30.3 Å². The number of carbonyl (C=O) groups is 2. The van der Waals surface area contributed by atoms with Crippen LogP contribution in [-0.2, 0) is 20.2 Å². The van der Waals surface area contributed by atoms with Gasteiger partial charge in [0.05, 0.1) is 16.0 Å². The first-order valence-corrected chi connectivity index (χ1v) is 9.17. The normalized spacial score (nSPS) is 13.7. The van der Waals surface area contributed by atoms with Crippen LogP contribution in [-0.4, -0.2) is 37.5 Å². The van der Waals surface area contributed by atoms with Crippen LogP contribution in [0, 0.1) is 0 Å². The summed E-state index contributed by atoms with van der Waals surface area (Å²) in [7, 11) is -9.94. The Balaban J connectivity index is 0.00000225. The van der Waals surface area contributed by atoms with Crippen LogP contribution >= 0.6 is 0 Å². The van der Waals surface area contributed by atoms with Crippen LogP contribution in [0.4, 0.5) is 0 Å². The van der Waals surface area contributed by atoms with Crippen molar-refractivity contribution in [2.45, 2.75) is 9.79 Å². The van der Waals surface area contributed by atoms with Crippen molar-refractivity contribution in [3.8, 4) is 0 Å². The van der Waals surface area contributed by atoms with Crippen molar-refractivity contribution in [2.75, 3.05) is 0 Å². The number of hydrogen-bond donors (Lipinski definition) is 1. The summed E-state index contributed by atoms with van der Waals surface area (Å²) < 4.78 is 66.3. The Morgan fingerprint density at radius 2 is 1.20 bits per heavy atom. The fourth-order valence-electron chi connectivity index (χ4n) is 2.60. The maximum Gasteiger partial charge on any atom is 1.00 e. The maximum absolute atomic E-state index is 12.7. The summed E-state index contributed by atoms with van der Waals surface area (Å²) in [6.45, 7) is 0. The first kappa shape index (κ1) is 20.5. The summed E-state index contributed by atoms with van der Waals surface area (Å²) in [5, 5.41) is 0. The molecule has 0 aromatic heterocycles. The van der Waals surface area contributed by atoms with E-state index in [2.05, 4.69) is 0 Å². The van der Waals surface area contributed by atoms with Crippen LogP contribution in [0.2, 0.25) is 0 Å². The Hall–Kier alpha value is -0.764. The molecule has 0 fully saturated rings. The van der Waals surface area contributed by atoms with Gasteiger partial charge in [0.1, 0.15) is 15.0 Å². The van der Waals surface area contributed by atoms with Crippen molar-refractivity contribution in [2.24, 2.45) is 0 Å². The minimum absolute atomic E-state index is 0. The molecule has 0 radical (unpaired) electrons. The van der Waals surface area contributed by atoms with E-state index in [0.29, 0.717) is 0 Å². The maximum atomic E-state index is 12.7. The molecule has 8 nitrogen and oxygen atoms in total. The molecule has 3 rings (SSSR count). The molecule has 2 aromatic rings. The second-order valence-electron chi connectivity index (χ2n) is 4.94. The van der Waals surface area contributed by atoms with Gasteiger partial charge in [0.2, 0.25) is 0 Å². The second kappa shape index (κ2) is 6.76. The summed E-state index contributed by atoms with van der Waals surface area (Å²) in [5.74, 6) is -1.96. The van der Waals surface area contributed by atoms with Crippen molar-refractivity contribution >= 4 is 31.8 Å². The van der Waals surface area contributed by atoms with Gasteiger partial charge in [-0.25, -0.2) is 8.42 Å². The number of ketones is 2. The summed E-state index contributed by atoms with van der Waals surface area (Å²) in [4.78, 5) is 23.4. The molecule has 1 aliphatic rings. The van der Waals surface area contributed by atoms with E-state index in [9.17, 15) is 35.5 Å². The fourth-order valence-corrected chi connectivity index (χ4v) is 4.01. The van der Waals surface area contributed by atoms with Crippen molar-refractivity contribution in [1.29, 1.82) is 0 Å². The molecule has 0 spiro atoms. The van der Waals surface area contributed by atoms with Gasteiger partial charge in [-0.1, -0.05) is 24.3 Å². The predicted molar refractivity (Wildman–Crippen MR) is 77.5 cm³/mol. The molecule has 2 aromatic carbocycles. The summed E-state index contributed by atoms with van der Waals surface area (Å²) >= 11 is 0. The third-order valence-electron chi connectivity index (χ3n) is 3.54. The van der Waals surface area contributed by atoms with Gasteiger partial charge in [0, 0.05) is 11.1 Å². The monoisotopic (exact) mass is 406 g/mol. The minimum Gasteiger partial charge on any atom is -0.744 e. The third-order valence-corrected chi connectivity index (χ3v) is 5.32. The van der Waals surface area contributed by atoms with Gasteiger partial charge < -0.3 is 4.55 Å². The topological polar surface area (TPSA) is 146 Å². The Kier molecular flexibility index (Phi) is 5.55. The van der Waals surface area contributed by atoms with Gasteiger partial charge in [0.15, 0.2) is 11.6 Å². The van der Waals surface area contributed by atoms with E-state index in [4.69, 9.17) is 0 Å². The Morgan fingerprint density at radius 1 is 0.760 bits per heavy atom. The van der Waals surface area contributed by atoms with Crippen molar-refractivity contribution in [1.82, 2.24) is 0 Å². The van der Waals surface area contributed by atoms with Crippen molar-refractivity contribution in [3.63, 3.8) is 0 Å². The molecule has 11 heteroatoms. The van der Waals surface area contributed by atoms with Gasteiger partial charge in [-0.15, -0.1) is 0 Å². The first-order valence-electron chi connectivity index (χ1n) is 6.32. The number of benzene rings is 2. The molecule has 25 heavy (non-hydrogen) atoms. The average Bonchev–Trinajstić information content (AvgIpc) is 2.49. The van der Waals surface area contributed by atoms with E-state index < -0.39 is 52.7 Å². The molecule has 1 N–H and O–H groups in total. The number of carbonyl (C=O) groups excluding carboxylic acids is 2. The Labute approximate surface area is 185 Å². The van der Waals surface area contributed by atoms with Crippen molar-refractivity contribution < 1.29 is 86.9 Å². The molecule has 124 valence electrons. The van der Waals surface area contributed by atoms with Crippen LogP contribution in [0.3, 0.4) is 0 Å². The molecule has 0 saturated heterocycles. The van der Waals surface area contributed by atoms with Gasteiger partial charge >= 0.3 is 51.4 Å². The summed E-state index contributed by atoms with van der Waals surface area (Å²) in [6.07, 6.45) is 0. The molecule has 0 saturated carbocycles.